The van der Waals surface area contributed by atoms with E-state index in [-0.39, 0.29) is 5.04 Å². The molecule has 232 valence electrons. The van der Waals surface area contributed by atoms with Crippen LogP contribution in [0.25, 0.3) is 11.1 Å². The van der Waals surface area contributed by atoms with Crippen molar-refractivity contribution in [3.05, 3.63) is 125 Å². The lowest BCUT2D eigenvalue weighted by Gasteiger charge is -2.43. The molecule has 1 aromatic heterocycles. The smallest absolute Gasteiger partial charge is 0.319 e. The first-order valence-electron chi connectivity index (χ1n) is 15.2. The zero-order valence-electron chi connectivity index (χ0n) is 26.1. The van der Waals surface area contributed by atoms with Crippen molar-refractivity contribution in [3.8, 4) is 22.6 Å². The maximum atomic E-state index is 11.7. The second kappa shape index (κ2) is 13.4. The second-order valence-corrected chi connectivity index (χ2v) is 20.3. The number of hydrogen-bond acceptors (Lipinski definition) is 7. The topological polar surface area (TPSA) is 51.6 Å². The van der Waals surface area contributed by atoms with Crippen molar-refractivity contribution in [2.45, 2.75) is 42.4 Å². The molecule has 6 rings (SSSR count). The van der Waals surface area contributed by atoms with Gasteiger partial charge in [-0.05, 0) is 68.2 Å². The van der Waals surface area contributed by atoms with Crippen molar-refractivity contribution >= 4 is 53.6 Å². The van der Waals surface area contributed by atoms with Crippen molar-refractivity contribution in [2.24, 2.45) is 0 Å². The van der Waals surface area contributed by atoms with Crippen molar-refractivity contribution in [1.82, 2.24) is 4.98 Å². The molecule has 0 bridgehead atoms. The average Bonchev–Trinajstić information content (AvgIpc) is 3.62. The van der Waals surface area contributed by atoms with Crippen LogP contribution in [0.1, 0.15) is 43.7 Å². The van der Waals surface area contributed by atoms with Crippen LogP contribution in [0.2, 0.25) is 5.04 Å². The molecule has 4 nitrogen and oxygen atoms in total. The number of rotatable bonds is 9. The van der Waals surface area contributed by atoms with Crippen LogP contribution in [0.4, 0.5) is 0 Å². The number of aliphatic hydroxyl groups excluding tert-OH is 1. The van der Waals surface area contributed by atoms with E-state index in [1.54, 1.807) is 18.8 Å². The molecule has 45 heavy (non-hydrogen) atoms. The standard InChI is InChI=1S/C37H39NO3S3Si/c1-36(2,3)45(32-15-7-5-8-16-32,33-17-9-6-10-18-33)41-31-23-28(22-30(24-31)40-4)27-13-11-14-29(21-27)37(43-19-12-20-44-37)35(39)34-25-38-26-42-34/h5-11,13-18,21-26,35,39H,12,19-20H2,1-4H3. The Balaban J connectivity index is 1.46. The van der Waals surface area contributed by atoms with Crippen molar-refractivity contribution in [1.29, 1.82) is 0 Å². The Morgan fingerprint density at radius 3 is 2.02 bits per heavy atom. The van der Waals surface area contributed by atoms with Crippen LogP contribution in [-0.2, 0) is 4.08 Å². The van der Waals surface area contributed by atoms with E-state index in [0.717, 1.165) is 51.0 Å². The van der Waals surface area contributed by atoms with Crippen LogP contribution in [0.5, 0.6) is 11.5 Å². The van der Waals surface area contributed by atoms with Gasteiger partial charge in [-0.15, -0.1) is 34.9 Å². The van der Waals surface area contributed by atoms with Crippen LogP contribution in [0, 0.1) is 0 Å². The number of benzene rings is 4. The fourth-order valence-corrected chi connectivity index (χ4v) is 14.8. The summed E-state index contributed by atoms with van der Waals surface area (Å²) >= 11 is 5.19. The minimum Gasteiger partial charge on any atom is -0.534 e. The summed E-state index contributed by atoms with van der Waals surface area (Å²) in [7, 11) is -1.14. The molecule has 0 saturated carbocycles. The number of hydrogen-bond donors (Lipinski definition) is 1. The number of aromatic nitrogens is 1. The summed E-state index contributed by atoms with van der Waals surface area (Å²) in [6.45, 7) is 6.87. The van der Waals surface area contributed by atoms with E-state index in [1.807, 2.05) is 29.6 Å². The number of ether oxygens (including phenoxy) is 1. The number of thiazole rings is 1. The molecule has 1 N–H and O–H groups in total. The highest BCUT2D eigenvalue weighted by Gasteiger charge is 2.52. The number of nitrogens with zero attached hydrogens (tertiary/aromatic N) is 1. The molecule has 0 amide bonds. The van der Waals surface area contributed by atoms with E-state index in [2.05, 4.69) is 123 Å². The first kappa shape index (κ1) is 31.9. The van der Waals surface area contributed by atoms with Gasteiger partial charge in [-0.2, -0.15) is 0 Å². The van der Waals surface area contributed by atoms with Crippen LogP contribution in [0.3, 0.4) is 0 Å². The summed E-state index contributed by atoms with van der Waals surface area (Å²) in [4.78, 5) is 5.16. The molecule has 1 saturated heterocycles. The predicted molar refractivity (Wildman–Crippen MR) is 195 cm³/mol. The second-order valence-electron chi connectivity index (χ2n) is 12.3. The van der Waals surface area contributed by atoms with Gasteiger partial charge in [0, 0.05) is 12.3 Å². The molecular weight excluding hydrogens is 631 g/mol. The molecule has 2 heterocycles. The third-order valence-electron chi connectivity index (χ3n) is 8.40. The largest absolute Gasteiger partial charge is 0.534 e. The monoisotopic (exact) mass is 669 g/mol. The number of methoxy groups -OCH3 is 1. The molecule has 0 aliphatic carbocycles. The summed E-state index contributed by atoms with van der Waals surface area (Å²) in [5, 5.41) is 14.0. The quantitative estimate of drug-likeness (QED) is 0.159. The highest BCUT2D eigenvalue weighted by molar-refractivity contribution is 8.18. The zero-order chi connectivity index (χ0) is 31.5. The molecule has 0 spiro atoms. The van der Waals surface area contributed by atoms with Gasteiger partial charge in [-0.1, -0.05) is 99.6 Å². The van der Waals surface area contributed by atoms with Gasteiger partial charge in [-0.3, -0.25) is 4.98 Å². The van der Waals surface area contributed by atoms with Gasteiger partial charge in [0.2, 0.25) is 0 Å². The molecule has 0 radical (unpaired) electrons. The lowest BCUT2D eigenvalue weighted by Crippen LogP contribution is -2.68. The third kappa shape index (κ3) is 6.23. The first-order valence-corrected chi connectivity index (χ1v) is 20.0. The number of thioether (sulfide) groups is 2. The Bertz CT molecular complexity index is 1660. The molecule has 5 aromatic rings. The lowest BCUT2D eigenvalue weighted by atomic mass is 9.98. The van der Waals surface area contributed by atoms with Gasteiger partial charge in [0.05, 0.1) is 17.5 Å². The summed E-state index contributed by atoms with van der Waals surface area (Å²) in [6, 6.07) is 36.2. The zero-order valence-corrected chi connectivity index (χ0v) is 29.6. The van der Waals surface area contributed by atoms with Gasteiger partial charge < -0.3 is 14.3 Å². The molecule has 8 heteroatoms. The Morgan fingerprint density at radius 2 is 1.44 bits per heavy atom. The van der Waals surface area contributed by atoms with Crippen LogP contribution in [0.15, 0.2) is 115 Å². The van der Waals surface area contributed by atoms with Crippen molar-refractivity contribution in [2.75, 3.05) is 18.6 Å². The molecule has 1 aliphatic heterocycles. The van der Waals surface area contributed by atoms with Crippen LogP contribution < -0.4 is 19.5 Å². The highest BCUT2D eigenvalue weighted by atomic mass is 32.2. The minimum atomic E-state index is -2.85. The Hall–Kier alpha value is -3.01. The van der Waals surface area contributed by atoms with E-state index in [4.69, 9.17) is 9.16 Å². The third-order valence-corrected chi connectivity index (χ3v) is 17.6. The lowest BCUT2D eigenvalue weighted by molar-refractivity contribution is 0.166. The fourth-order valence-electron chi connectivity index (χ4n) is 6.24. The van der Waals surface area contributed by atoms with E-state index in [9.17, 15) is 5.11 Å². The molecule has 4 aromatic carbocycles. The number of aliphatic hydroxyl groups is 1. The summed E-state index contributed by atoms with van der Waals surface area (Å²) in [5.41, 5.74) is 4.97. The van der Waals surface area contributed by atoms with Gasteiger partial charge in [0.25, 0.3) is 0 Å². The van der Waals surface area contributed by atoms with E-state index in [1.165, 1.54) is 21.7 Å². The first-order chi connectivity index (χ1) is 21.8. The maximum Gasteiger partial charge on any atom is 0.319 e. The minimum absolute atomic E-state index is 0.173. The highest BCUT2D eigenvalue weighted by Crippen LogP contribution is 2.58. The van der Waals surface area contributed by atoms with Crippen molar-refractivity contribution < 1.29 is 14.3 Å². The summed E-state index contributed by atoms with van der Waals surface area (Å²) in [6.07, 6.45) is 2.27. The van der Waals surface area contributed by atoms with Crippen LogP contribution in [-0.4, -0.2) is 37.0 Å². The Morgan fingerprint density at radius 1 is 0.800 bits per heavy atom. The summed E-state index contributed by atoms with van der Waals surface area (Å²) < 4.78 is 12.8. The van der Waals surface area contributed by atoms with Gasteiger partial charge in [0.1, 0.15) is 21.7 Å². The molecule has 1 atom stereocenters. The molecule has 1 unspecified atom stereocenters. The average molecular weight is 670 g/mol. The fraction of sp³-hybridized carbons (Fsp3) is 0.270. The maximum absolute atomic E-state index is 11.7. The van der Waals surface area contributed by atoms with Gasteiger partial charge in [-0.25, -0.2) is 0 Å². The van der Waals surface area contributed by atoms with Gasteiger partial charge in [0.15, 0.2) is 0 Å². The van der Waals surface area contributed by atoms with Crippen LogP contribution >= 0.6 is 34.9 Å². The summed E-state index contributed by atoms with van der Waals surface area (Å²) in [5.74, 6) is 3.53. The normalized spacial score (nSPS) is 15.8. The molecule has 1 aliphatic rings. The van der Waals surface area contributed by atoms with E-state index >= 15 is 0 Å². The molecular formula is C37H39NO3S3Si. The van der Waals surface area contributed by atoms with E-state index < -0.39 is 18.5 Å². The Kier molecular flexibility index (Phi) is 9.50. The molecule has 1 fully saturated rings. The van der Waals surface area contributed by atoms with Gasteiger partial charge >= 0.3 is 8.32 Å². The van der Waals surface area contributed by atoms with Crippen molar-refractivity contribution in [3.63, 3.8) is 0 Å². The predicted octanol–water partition coefficient (Wildman–Crippen LogP) is 8.51. The SMILES string of the molecule is COc1cc(O[Si](c2ccccc2)(c2ccccc2)C(C)(C)C)cc(-c2cccc(C3(C(O)c4cncs4)SCCCS3)c2)c1. The Labute approximate surface area is 280 Å². The van der Waals surface area contributed by atoms with E-state index in [0.29, 0.717) is 0 Å².